The van der Waals surface area contributed by atoms with Crippen LogP contribution in [0, 0.1) is 11.8 Å². The number of methoxy groups -OCH3 is 2. The second kappa shape index (κ2) is 7.14. The van der Waals surface area contributed by atoms with Crippen LogP contribution < -0.4 is 9.47 Å². The van der Waals surface area contributed by atoms with Crippen molar-refractivity contribution in [1.29, 1.82) is 0 Å². The number of nitrogens with zero attached hydrogens (tertiary/aromatic N) is 1. The Labute approximate surface area is 171 Å². The normalized spacial score (nSPS) is 45.8. The molecule has 1 saturated heterocycles. The Kier molecular flexibility index (Phi) is 1.63. The molecule has 1 aromatic rings. The lowest BCUT2D eigenvalue weighted by Crippen LogP contribution is -2.46. The number of Topliss-reactive ketones (excluding diaryl/α,β-unsaturated/α-hetero) is 1. The maximum Gasteiger partial charge on any atom is 0.161 e. The number of ether oxygens (including phenoxy) is 2. The number of rotatable bonds is 5. The second-order valence-corrected chi connectivity index (χ2v) is 5.33. The van der Waals surface area contributed by atoms with E-state index < -0.39 is 99.4 Å². The lowest BCUT2D eigenvalue weighted by Gasteiger charge is -2.43. The smallest absolute Gasteiger partial charge is 0.161 e. The van der Waals surface area contributed by atoms with Crippen LogP contribution in [-0.4, -0.2) is 37.8 Å². The highest BCUT2D eigenvalue weighted by atomic mass is 16.5. The van der Waals surface area contributed by atoms with Gasteiger partial charge in [0, 0.05) is 46.5 Å². The first kappa shape index (κ1) is 5.47. The fraction of sp³-hybridized carbons (Fsp3) is 0.650. The van der Waals surface area contributed by atoms with Crippen molar-refractivity contribution >= 4 is 5.78 Å². The minimum atomic E-state index is -3.85. The largest absolute Gasteiger partial charge is 0.493 e. The summed E-state index contributed by atoms with van der Waals surface area (Å²) >= 11 is 0. The van der Waals surface area contributed by atoms with Crippen LogP contribution in [-0.2, 0) is 11.2 Å². The maximum absolute atomic E-state index is 13.8. The van der Waals surface area contributed by atoms with E-state index in [1.165, 1.54) is 0 Å². The van der Waals surface area contributed by atoms with Gasteiger partial charge in [0.2, 0.25) is 0 Å². The number of carbonyl (C=O) groups excluding carboxylic acids is 1. The zero-order valence-corrected chi connectivity index (χ0v) is 12.9. The van der Waals surface area contributed by atoms with E-state index in [0.29, 0.717) is 6.92 Å². The number of benzene rings is 1. The number of hydrogen-bond acceptors (Lipinski definition) is 4. The molecule has 24 heavy (non-hydrogen) atoms. The molecule has 3 rings (SSSR count). The lowest BCUT2D eigenvalue weighted by atomic mass is 9.79. The van der Waals surface area contributed by atoms with E-state index in [9.17, 15) is 4.79 Å². The van der Waals surface area contributed by atoms with Gasteiger partial charge < -0.3 is 9.47 Å². The molecule has 0 saturated carbocycles. The van der Waals surface area contributed by atoms with Crippen LogP contribution in [0.4, 0.5) is 0 Å². The zero-order valence-electron chi connectivity index (χ0n) is 31.9. The Hall–Kier alpha value is -1.55. The third-order valence-corrected chi connectivity index (χ3v) is 3.96. The van der Waals surface area contributed by atoms with E-state index in [1.807, 2.05) is 0 Å². The fourth-order valence-electron chi connectivity index (χ4n) is 2.79. The first-order valence-electron chi connectivity index (χ1n) is 16.7. The molecule has 4 heteroatoms. The molecule has 2 heterocycles. The molecule has 3 atom stereocenters. The Morgan fingerprint density at radius 2 is 2.33 bits per heavy atom. The maximum atomic E-state index is 13.8. The first-order valence-corrected chi connectivity index (χ1v) is 7.20. The second-order valence-electron chi connectivity index (χ2n) is 5.33. The Morgan fingerprint density at radius 1 is 1.54 bits per heavy atom. The van der Waals surface area contributed by atoms with Gasteiger partial charge in [0.15, 0.2) is 11.5 Å². The summed E-state index contributed by atoms with van der Waals surface area (Å²) in [5.74, 6) is -11.0. The van der Waals surface area contributed by atoms with Gasteiger partial charge in [-0.2, -0.15) is 0 Å². The monoisotopic (exact) mass is 350 g/mol. The Balaban J connectivity index is 2.31. The van der Waals surface area contributed by atoms with E-state index in [-0.39, 0.29) is 18.5 Å². The number of carbonyl (C=O) groups is 1. The fourth-order valence-corrected chi connectivity index (χ4v) is 2.79. The van der Waals surface area contributed by atoms with Crippen molar-refractivity contribution in [3.63, 3.8) is 0 Å². The molecule has 1 fully saturated rings. The molecule has 0 aliphatic carbocycles. The van der Waals surface area contributed by atoms with Gasteiger partial charge >= 0.3 is 0 Å². The summed E-state index contributed by atoms with van der Waals surface area (Å²) in [7, 11) is -6.54. The molecular formula is C20H29NO3. The van der Waals surface area contributed by atoms with Crippen molar-refractivity contribution in [3.05, 3.63) is 23.2 Å². The summed E-state index contributed by atoms with van der Waals surface area (Å²) in [6.07, 6.45) is -10.7. The van der Waals surface area contributed by atoms with E-state index in [1.54, 1.807) is 0 Å². The van der Waals surface area contributed by atoms with Crippen LogP contribution in [0.25, 0.3) is 0 Å². The molecule has 0 radical (unpaired) electrons. The van der Waals surface area contributed by atoms with Crippen molar-refractivity contribution in [3.8, 4) is 11.5 Å². The minimum Gasteiger partial charge on any atom is -0.493 e. The van der Waals surface area contributed by atoms with Crippen molar-refractivity contribution in [2.24, 2.45) is 11.8 Å². The molecule has 2 aliphatic heterocycles. The van der Waals surface area contributed by atoms with Gasteiger partial charge in [-0.25, -0.2) is 0 Å². The molecule has 2 aliphatic rings. The summed E-state index contributed by atoms with van der Waals surface area (Å²) in [5.41, 5.74) is -0.698. The van der Waals surface area contributed by atoms with Crippen molar-refractivity contribution in [1.82, 2.24) is 4.90 Å². The van der Waals surface area contributed by atoms with Gasteiger partial charge in [-0.1, -0.05) is 20.1 Å². The molecule has 0 aromatic heterocycles. The highest BCUT2D eigenvalue weighted by molar-refractivity contribution is 5.83. The molecule has 0 spiro atoms. The van der Waals surface area contributed by atoms with Crippen LogP contribution in [0.5, 0.6) is 11.5 Å². The third kappa shape index (κ3) is 3.16. The molecule has 4 nitrogen and oxygen atoms in total. The van der Waals surface area contributed by atoms with Crippen LogP contribution in [0.2, 0.25) is 0 Å². The van der Waals surface area contributed by atoms with Crippen LogP contribution >= 0.6 is 0 Å². The predicted molar refractivity (Wildman–Crippen MR) is 94.8 cm³/mol. The third-order valence-electron chi connectivity index (χ3n) is 3.96. The minimum absolute atomic E-state index is 0.206. The first-order chi connectivity index (χ1) is 18.9. The Morgan fingerprint density at radius 3 is 3.04 bits per heavy atom. The number of hydrogen-bond donors (Lipinski definition) is 0. The highest BCUT2D eigenvalue weighted by Crippen LogP contribution is 2.42. The van der Waals surface area contributed by atoms with Crippen molar-refractivity contribution in [2.75, 3.05) is 27.2 Å². The molecule has 3 unspecified atom stereocenters. The zero-order chi connectivity index (χ0) is 33.7. The summed E-state index contributed by atoms with van der Waals surface area (Å²) in [5, 5.41) is 0. The molecule has 0 bridgehead atoms. The van der Waals surface area contributed by atoms with Gasteiger partial charge in [0.1, 0.15) is 5.78 Å². The summed E-state index contributed by atoms with van der Waals surface area (Å²) < 4.78 is 163. The number of piperidine rings is 1. The van der Waals surface area contributed by atoms with E-state index in [2.05, 4.69) is 0 Å². The van der Waals surface area contributed by atoms with Crippen LogP contribution in [0.15, 0.2) is 12.1 Å². The van der Waals surface area contributed by atoms with Gasteiger partial charge in [-0.3, -0.25) is 9.69 Å². The highest BCUT2D eigenvalue weighted by Gasteiger charge is 2.38. The number of fused-ring (bicyclic) bond motifs is 3. The Bertz CT molecular complexity index is 1280. The average molecular weight is 351 g/mol. The van der Waals surface area contributed by atoms with E-state index >= 15 is 0 Å². The van der Waals surface area contributed by atoms with Crippen molar-refractivity contribution in [2.45, 2.75) is 45.4 Å². The van der Waals surface area contributed by atoms with Gasteiger partial charge in [0.05, 0.1) is 25.0 Å². The molecule has 1 aromatic carbocycles. The molecule has 0 amide bonds. The average Bonchev–Trinajstić information content (AvgIpc) is 2.79. The van der Waals surface area contributed by atoms with Crippen molar-refractivity contribution < 1.29 is 40.3 Å². The summed E-state index contributed by atoms with van der Waals surface area (Å²) in [6, 6.07) is -3.62. The van der Waals surface area contributed by atoms with E-state index in [0.717, 1.165) is 4.90 Å². The standard InChI is InChI=1S/C20H29NO3/c1-5-13(2)8-15-12-21-7-6-14-9-19(23-3)20(24-4)10-16(14)17(21)11-18(15)22/h9-10,13,15,17H,5-8,11-12H2,1-4H3/i2D3,3D3,4D3,5D2,8D2,9D,10D,11D2,13D,15D. The quantitative estimate of drug-likeness (QED) is 0.813. The molecule has 0 N–H and O–H groups in total. The summed E-state index contributed by atoms with van der Waals surface area (Å²) in [4.78, 5) is 14.8. The van der Waals surface area contributed by atoms with Gasteiger partial charge in [-0.15, -0.1) is 0 Å². The van der Waals surface area contributed by atoms with Crippen LogP contribution in [0.1, 0.15) is 76.1 Å². The molecule has 132 valence electrons. The topological polar surface area (TPSA) is 38.8 Å². The SMILES string of the molecule is [2H]c1c2c(c([2H])c(OC([2H])([2H])[2H])c1OC([2H])([2H])[2H])C1N(CC2)CC([2H])(C([2H])([2H])C([2H])(C([2H])([2H])[2H])C([2H])([2H])C)C(=O)C1([2H])[2H]. The lowest BCUT2D eigenvalue weighted by molar-refractivity contribution is -0.129. The number of ketones is 1. The van der Waals surface area contributed by atoms with Gasteiger partial charge in [-0.05, 0) is 41.9 Å². The summed E-state index contributed by atoms with van der Waals surface area (Å²) in [6.45, 7) is -4.57. The van der Waals surface area contributed by atoms with Gasteiger partial charge in [0.25, 0.3) is 0 Å². The molecular weight excluding hydrogens is 302 g/mol. The van der Waals surface area contributed by atoms with Crippen LogP contribution in [0.3, 0.4) is 0 Å². The predicted octanol–water partition coefficient (Wildman–Crippen LogP) is 3.63. The van der Waals surface area contributed by atoms with E-state index in [4.69, 9.17) is 35.5 Å².